The highest BCUT2D eigenvalue weighted by Gasteiger charge is 2.38. The molecular weight excluding hydrogens is 332 g/mol. The standard InChI is InChI=1S/C24H30N2O/c1-3-16-25-18-14-22(20-10-5-4-6-11-20)24(15-9-17-26-24)19-21-12-7-8-13-23(21)27-2/h4-13,15,17,22,25H,3,14,16,18-19H2,1-2H3. The molecule has 3 heteroatoms. The van der Waals surface area contributed by atoms with Crippen molar-refractivity contribution in [1.29, 1.82) is 0 Å². The van der Waals surface area contributed by atoms with Crippen molar-refractivity contribution in [2.75, 3.05) is 20.2 Å². The molecule has 2 unspecified atom stereocenters. The fourth-order valence-electron chi connectivity index (χ4n) is 3.96. The van der Waals surface area contributed by atoms with Crippen molar-refractivity contribution in [3.63, 3.8) is 0 Å². The Bertz CT molecular complexity index is 755. The number of hydrogen-bond donors (Lipinski definition) is 1. The van der Waals surface area contributed by atoms with E-state index in [9.17, 15) is 0 Å². The third-order valence-corrected chi connectivity index (χ3v) is 5.29. The van der Waals surface area contributed by atoms with Crippen LogP contribution in [0.25, 0.3) is 0 Å². The lowest BCUT2D eigenvalue weighted by molar-refractivity contribution is 0.379. The zero-order valence-corrected chi connectivity index (χ0v) is 16.4. The average molecular weight is 363 g/mol. The maximum Gasteiger partial charge on any atom is 0.122 e. The molecular formula is C24H30N2O. The van der Waals surface area contributed by atoms with Crippen molar-refractivity contribution in [2.24, 2.45) is 4.99 Å². The van der Waals surface area contributed by atoms with Gasteiger partial charge in [0, 0.05) is 18.6 Å². The summed E-state index contributed by atoms with van der Waals surface area (Å²) in [6.45, 7) is 4.25. The van der Waals surface area contributed by atoms with Gasteiger partial charge >= 0.3 is 0 Å². The number of nitrogens with zero attached hydrogens (tertiary/aromatic N) is 1. The van der Waals surface area contributed by atoms with E-state index in [1.165, 1.54) is 11.1 Å². The van der Waals surface area contributed by atoms with Gasteiger partial charge in [-0.25, -0.2) is 0 Å². The number of aliphatic imine (C=N–C) groups is 1. The van der Waals surface area contributed by atoms with Gasteiger partial charge < -0.3 is 10.1 Å². The molecule has 2 aromatic carbocycles. The topological polar surface area (TPSA) is 33.6 Å². The van der Waals surface area contributed by atoms with Crippen molar-refractivity contribution < 1.29 is 4.74 Å². The summed E-state index contributed by atoms with van der Waals surface area (Å²) >= 11 is 0. The fraction of sp³-hybridized carbons (Fsp3) is 0.375. The van der Waals surface area contributed by atoms with Crippen molar-refractivity contribution in [1.82, 2.24) is 5.32 Å². The van der Waals surface area contributed by atoms with E-state index in [-0.39, 0.29) is 5.54 Å². The summed E-state index contributed by atoms with van der Waals surface area (Å²) in [7, 11) is 1.74. The summed E-state index contributed by atoms with van der Waals surface area (Å²) in [5, 5.41) is 3.56. The van der Waals surface area contributed by atoms with E-state index in [1.807, 2.05) is 18.3 Å². The normalized spacial score (nSPS) is 19.3. The first-order valence-corrected chi connectivity index (χ1v) is 9.89. The highest BCUT2D eigenvalue weighted by atomic mass is 16.5. The number of methoxy groups -OCH3 is 1. The van der Waals surface area contributed by atoms with Gasteiger partial charge in [-0.3, -0.25) is 4.99 Å². The first-order chi connectivity index (χ1) is 13.3. The lowest BCUT2D eigenvalue weighted by atomic mass is 9.74. The van der Waals surface area contributed by atoms with E-state index in [0.717, 1.165) is 38.1 Å². The van der Waals surface area contributed by atoms with Crippen LogP contribution in [0, 0.1) is 0 Å². The number of allylic oxidation sites excluding steroid dienone is 1. The smallest absolute Gasteiger partial charge is 0.122 e. The molecule has 1 aliphatic heterocycles. The molecule has 3 nitrogen and oxygen atoms in total. The molecule has 0 spiro atoms. The van der Waals surface area contributed by atoms with Crippen LogP contribution in [0.2, 0.25) is 0 Å². The first kappa shape index (κ1) is 19.4. The number of benzene rings is 2. The van der Waals surface area contributed by atoms with Gasteiger partial charge in [-0.05, 0) is 49.2 Å². The third kappa shape index (κ3) is 4.67. The Morgan fingerprint density at radius 3 is 2.52 bits per heavy atom. The SMILES string of the molecule is CCCNCCC(c1ccccc1)C1(Cc2ccccc2OC)C=CC=N1. The summed E-state index contributed by atoms with van der Waals surface area (Å²) < 4.78 is 5.61. The van der Waals surface area contributed by atoms with E-state index in [2.05, 4.69) is 66.9 Å². The summed E-state index contributed by atoms with van der Waals surface area (Å²) in [5.41, 5.74) is 2.27. The zero-order chi connectivity index (χ0) is 19.0. The Morgan fingerprint density at radius 1 is 1.04 bits per heavy atom. The summed E-state index contributed by atoms with van der Waals surface area (Å²) in [5.74, 6) is 1.24. The van der Waals surface area contributed by atoms with Gasteiger partial charge in [0.05, 0.1) is 12.6 Å². The minimum atomic E-state index is -0.274. The van der Waals surface area contributed by atoms with E-state index >= 15 is 0 Å². The molecule has 0 aromatic heterocycles. The van der Waals surface area contributed by atoms with Crippen molar-refractivity contribution in [3.05, 3.63) is 77.9 Å². The number of para-hydroxylation sites is 1. The second kappa shape index (κ2) is 9.52. The van der Waals surface area contributed by atoms with Gasteiger partial charge in [-0.15, -0.1) is 0 Å². The molecule has 0 saturated heterocycles. The van der Waals surface area contributed by atoms with E-state index < -0.39 is 0 Å². The van der Waals surface area contributed by atoms with Crippen molar-refractivity contribution in [2.45, 2.75) is 37.6 Å². The van der Waals surface area contributed by atoms with Gasteiger partial charge in [0.1, 0.15) is 5.75 Å². The predicted octanol–water partition coefficient (Wildman–Crippen LogP) is 4.79. The largest absolute Gasteiger partial charge is 0.496 e. The molecule has 3 rings (SSSR count). The van der Waals surface area contributed by atoms with Crippen LogP contribution in [0.1, 0.15) is 36.8 Å². The molecule has 1 aliphatic rings. The van der Waals surface area contributed by atoms with Crippen LogP contribution in [0.4, 0.5) is 0 Å². The number of hydrogen-bond acceptors (Lipinski definition) is 3. The van der Waals surface area contributed by atoms with Gasteiger partial charge in [0.2, 0.25) is 0 Å². The molecule has 0 bridgehead atoms. The minimum Gasteiger partial charge on any atom is -0.496 e. The van der Waals surface area contributed by atoms with Gasteiger partial charge in [-0.1, -0.05) is 61.5 Å². The molecule has 27 heavy (non-hydrogen) atoms. The molecule has 0 aliphatic carbocycles. The number of ether oxygens (including phenoxy) is 1. The van der Waals surface area contributed by atoms with Gasteiger partial charge in [0.15, 0.2) is 0 Å². The Balaban J connectivity index is 1.92. The van der Waals surface area contributed by atoms with Crippen molar-refractivity contribution in [3.8, 4) is 5.75 Å². The van der Waals surface area contributed by atoms with Crippen LogP contribution in [-0.4, -0.2) is 32.0 Å². The van der Waals surface area contributed by atoms with E-state index in [4.69, 9.17) is 9.73 Å². The van der Waals surface area contributed by atoms with Crippen LogP contribution in [0.3, 0.4) is 0 Å². The fourth-order valence-corrected chi connectivity index (χ4v) is 3.96. The molecule has 2 atom stereocenters. The summed E-state index contributed by atoms with van der Waals surface area (Å²) in [4.78, 5) is 4.99. The number of nitrogens with one attached hydrogen (secondary N) is 1. The number of rotatable bonds is 10. The second-order valence-electron chi connectivity index (χ2n) is 7.12. The van der Waals surface area contributed by atoms with Crippen LogP contribution in [0.5, 0.6) is 5.75 Å². The van der Waals surface area contributed by atoms with Gasteiger partial charge in [0.25, 0.3) is 0 Å². The quantitative estimate of drug-likeness (QED) is 0.617. The van der Waals surface area contributed by atoms with E-state index in [0.29, 0.717) is 5.92 Å². The van der Waals surface area contributed by atoms with Crippen LogP contribution in [-0.2, 0) is 6.42 Å². The van der Waals surface area contributed by atoms with Crippen LogP contribution < -0.4 is 10.1 Å². The molecule has 2 aromatic rings. The van der Waals surface area contributed by atoms with Crippen molar-refractivity contribution >= 4 is 6.21 Å². The Labute approximate surface area is 163 Å². The van der Waals surface area contributed by atoms with E-state index in [1.54, 1.807) is 7.11 Å². The first-order valence-electron chi connectivity index (χ1n) is 9.89. The lowest BCUT2D eigenvalue weighted by Crippen LogP contribution is -2.36. The maximum absolute atomic E-state index is 5.61. The monoisotopic (exact) mass is 362 g/mol. The van der Waals surface area contributed by atoms with Gasteiger partial charge in [-0.2, -0.15) is 0 Å². The second-order valence-corrected chi connectivity index (χ2v) is 7.12. The molecule has 142 valence electrons. The molecule has 0 amide bonds. The summed E-state index contributed by atoms with van der Waals surface area (Å²) in [6.07, 6.45) is 9.34. The maximum atomic E-state index is 5.61. The van der Waals surface area contributed by atoms with Crippen LogP contribution >= 0.6 is 0 Å². The average Bonchev–Trinajstić information content (AvgIpc) is 3.18. The lowest BCUT2D eigenvalue weighted by Gasteiger charge is -2.35. The molecule has 0 saturated carbocycles. The zero-order valence-electron chi connectivity index (χ0n) is 16.4. The Morgan fingerprint density at radius 2 is 1.81 bits per heavy atom. The molecule has 0 radical (unpaired) electrons. The Kier molecular flexibility index (Phi) is 6.83. The third-order valence-electron chi connectivity index (χ3n) is 5.29. The highest BCUT2D eigenvalue weighted by molar-refractivity contribution is 5.76. The van der Waals surface area contributed by atoms with Crippen LogP contribution in [0.15, 0.2) is 71.7 Å². The minimum absolute atomic E-state index is 0.274. The highest BCUT2D eigenvalue weighted by Crippen LogP contribution is 2.41. The molecule has 1 N–H and O–H groups in total. The summed E-state index contributed by atoms with van der Waals surface area (Å²) in [6, 6.07) is 19.1. The predicted molar refractivity (Wildman–Crippen MR) is 114 cm³/mol. The molecule has 0 fully saturated rings. The Hall–Kier alpha value is -2.39. The molecule has 1 heterocycles.